The zero-order valence-electron chi connectivity index (χ0n) is 14.6. The molecule has 26 heavy (non-hydrogen) atoms. The van der Waals surface area contributed by atoms with E-state index in [1.807, 2.05) is 0 Å². The number of halogens is 1. The molecule has 2 aromatic rings. The molecular weight excluding hydrogens is 343 g/mol. The van der Waals surface area contributed by atoms with Gasteiger partial charge in [0.15, 0.2) is 11.7 Å². The number of ether oxygens (including phenoxy) is 1. The summed E-state index contributed by atoms with van der Waals surface area (Å²) in [6, 6.07) is 6.17. The zero-order chi connectivity index (χ0) is 19.2. The normalized spacial score (nSPS) is 13.2. The summed E-state index contributed by atoms with van der Waals surface area (Å²) in [5.74, 6) is -1.22. The Morgan fingerprint density at radius 2 is 2.12 bits per heavy atom. The van der Waals surface area contributed by atoms with Gasteiger partial charge in [0.25, 0.3) is 0 Å². The van der Waals surface area contributed by atoms with E-state index in [4.69, 9.17) is 14.3 Å². The highest BCUT2D eigenvalue weighted by molar-refractivity contribution is 5.78. The monoisotopic (exact) mass is 364 g/mol. The Bertz CT molecular complexity index is 776. The number of carbonyl (C=O) groups excluding carboxylic acids is 1. The molecule has 0 aliphatic heterocycles. The van der Waals surface area contributed by atoms with Crippen LogP contribution < -0.4 is 5.32 Å². The lowest BCUT2D eigenvalue weighted by atomic mass is 9.98. The van der Waals surface area contributed by atoms with Crippen LogP contribution in [0, 0.1) is 5.82 Å². The third-order valence-corrected chi connectivity index (χ3v) is 3.70. The van der Waals surface area contributed by atoms with Crippen molar-refractivity contribution in [3.8, 4) is 11.3 Å². The van der Waals surface area contributed by atoms with E-state index in [1.165, 1.54) is 19.4 Å². The SMILES string of the molecule is COCC(C)(CC(=O)O)NC(=O)CCc1ncc(-c2ccccc2F)o1. The van der Waals surface area contributed by atoms with Crippen LogP contribution in [0.4, 0.5) is 4.39 Å². The number of aryl methyl sites for hydroxylation is 1. The minimum absolute atomic E-state index is 0.0517. The second-order valence-corrected chi connectivity index (χ2v) is 6.21. The number of amides is 1. The van der Waals surface area contributed by atoms with Crippen molar-refractivity contribution in [3.05, 3.63) is 42.2 Å². The summed E-state index contributed by atoms with van der Waals surface area (Å²) in [7, 11) is 1.43. The van der Waals surface area contributed by atoms with Gasteiger partial charge in [-0.15, -0.1) is 0 Å². The highest BCUT2D eigenvalue weighted by Crippen LogP contribution is 2.23. The first-order valence-electron chi connectivity index (χ1n) is 8.04. The maximum Gasteiger partial charge on any atom is 0.305 e. The number of oxazole rings is 1. The summed E-state index contributed by atoms with van der Waals surface area (Å²) in [4.78, 5) is 27.1. The molecule has 7 nitrogen and oxygen atoms in total. The fourth-order valence-corrected chi connectivity index (χ4v) is 2.61. The molecule has 1 heterocycles. The predicted molar refractivity (Wildman–Crippen MR) is 90.9 cm³/mol. The van der Waals surface area contributed by atoms with Crippen LogP contribution >= 0.6 is 0 Å². The maximum atomic E-state index is 13.7. The smallest absolute Gasteiger partial charge is 0.305 e. The second kappa shape index (κ2) is 8.57. The third kappa shape index (κ3) is 5.38. The van der Waals surface area contributed by atoms with Crippen molar-refractivity contribution in [3.63, 3.8) is 0 Å². The van der Waals surface area contributed by atoms with E-state index in [9.17, 15) is 14.0 Å². The largest absolute Gasteiger partial charge is 0.481 e. The summed E-state index contributed by atoms with van der Waals surface area (Å²) < 4.78 is 24.2. The highest BCUT2D eigenvalue weighted by Gasteiger charge is 2.29. The number of carboxylic acids is 1. The summed E-state index contributed by atoms with van der Waals surface area (Å²) in [5.41, 5.74) is -0.711. The third-order valence-electron chi connectivity index (χ3n) is 3.70. The molecule has 1 unspecified atom stereocenters. The lowest BCUT2D eigenvalue weighted by Gasteiger charge is -2.28. The molecule has 0 spiro atoms. The van der Waals surface area contributed by atoms with E-state index in [-0.39, 0.29) is 37.5 Å². The van der Waals surface area contributed by atoms with Gasteiger partial charge < -0.3 is 19.6 Å². The van der Waals surface area contributed by atoms with Gasteiger partial charge in [0.1, 0.15) is 5.82 Å². The topological polar surface area (TPSA) is 102 Å². The van der Waals surface area contributed by atoms with Gasteiger partial charge in [-0.2, -0.15) is 0 Å². The lowest BCUT2D eigenvalue weighted by molar-refractivity contribution is -0.139. The van der Waals surface area contributed by atoms with Crippen molar-refractivity contribution in [2.24, 2.45) is 0 Å². The Hall–Kier alpha value is -2.74. The maximum absolute atomic E-state index is 13.7. The molecule has 1 amide bonds. The van der Waals surface area contributed by atoms with Gasteiger partial charge in [-0.3, -0.25) is 9.59 Å². The van der Waals surface area contributed by atoms with Crippen LogP contribution in [0.3, 0.4) is 0 Å². The van der Waals surface area contributed by atoms with Gasteiger partial charge in [-0.05, 0) is 19.1 Å². The molecule has 0 saturated heterocycles. The van der Waals surface area contributed by atoms with E-state index >= 15 is 0 Å². The van der Waals surface area contributed by atoms with Crippen molar-refractivity contribution < 1.29 is 28.2 Å². The number of aromatic nitrogens is 1. The number of nitrogens with one attached hydrogen (secondary N) is 1. The fraction of sp³-hybridized carbons (Fsp3) is 0.389. The first-order chi connectivity index (χ1) is 12.3. The summed E-state index contributed by atoms with van der Waals surface area (Å²) in [5, 5.41) is 11.6. The Kier molecular flexibility index (Phi) is 6.46. The summed E-state index contributed by atoms with van der Waals surface area (Å²) >= 11 is 0. The Morgan fingerprint density at radius 3 is 2.77 bits per heavy atom. The zero-order valence-corrected chi connectivity index (χ0v) is 14.6. The molecule has 0 bridgehead atoms. The lowest BCUT2D eigenvalue weighted by Crippen LogP contribution is -2.50. The van der Waals surface area contributed by atoms with Crippen LogP contribution in [0.25, 0.3) is 11.3 Å². The van der Waals surface area contributed by atoms with Crippen molar-refractivity contribution in [1.29, 1.82) is 0 Å². The number of aliphatic carboxylic acids is 1. The number of rotatable bonds is 9. The average molecular weight is 364 g/mol. The van der Waals surface area contributed by atoms with Crippen LogP contribution in [0.5, 0.6) is 0 Å². The van der Waals surface area contributed by atoms with E-state index in [1.54, 1.807) is 25.1 Å². The van der Waals surface area contributed by atoms with Gasteiger partial charge in [0, 0.05) is 20.0 Å². The Morgan fingerprint density at radius 1 is 1.38 bits per heavy atom. The predicted octanol–water partition coefficient (Wildman–Crippen LogP) is 2.41. The fourth-order valence-electron chi connectivity index (χ4n) is 2.61. The van der Waals surface area contributed by atoms with Crippen molar-refractivity contribution in [1.82, 2.24) is 10.3 Å². The Balaban J connectivity index is 1.95. The molecule has 0 aliphatic rings. The van der Waals surface area contributed by atoms with Crippen LogP contribution in [0.15, 0.2) is 34.9 Å². The molecule has 0 radical (unpaired) electrons. The quantitative estimate of drug-likeness (QED) is 0.708. The number of benzene rings is 1. The van der Waals surface area contributed by atoms with E-state index in [0.29, 0.717) is 11.5 Å². The molecule has 2 rings (SSSR count). The Labute approximate surface area is 150 Å². The standard InChI is InChI=1S/C18H21FN2O5/c1-18(11-25-2,9-17(23)24)21-15(22)7-8-16-20-10-14(26-16)12-5-3-4-6-13(12)19/h3-6,10H,7-9,11H2,1-2H3,(H,21,22)(H,23,24). The molecular formula is C18H21FN2O5. The molecule has 0 saturated carbocycles. The van der Waals surface area contributed by atoms with Crippen LogP contribution in [0.1, 0.15) is 25.7 Å². The number of carbonyl (C=O) groups is 2. The highest BCUT2D eigenvalue weighted by atomic mass is 19.1. The van der Waals surface area contributed by atoms with Crippen LogP contribution in [-0.2, 0) is 20.7 Å². The van der Waals surface area contributed by atoms with E-state index in [2.05, 4.69) is 10.3 Å². The van der Waals surface area contributed by atoms with Crippen molar-refractivity contribution >= 4 is 11.9 Å². The van der Waals surface area contributed by atoms with Crippen molar-refractivity contribution in [2.75, 3.05) is 13.7 Å². The number of hydrogen-bond donors (Lipinski definition) is 2. The number of hydrogen-bond acceptors (Lipinski definition) is 5. The molecule has 1 atom stereocenters. The van der Waals surface area contributed by atoms with Gasteiger partial charge in [0.05, 0.1) is 30.3 Å². The first kappa shape index (κ1) is 19.6. The van der Waals surface area contributed by atoms with E-state index < -0.39 is 17.3 Å². The molecule has 0 fully saturated rings. The average Bonchev–Trinajstić information content (AvgIpc) is 3.01. The van der Waals surface area contributed by atoms with Gasteiger partial charge in [-0.25, -0.2) is 9.37 Å². The first-order valence-corrected chi connectivity index (χ1v) is 8.04. The summed E-state index contributed by atoms with van der Waals surface area (Å²) in [6.07, 6.45) is 1.40. The summed E-state index contributed by atoms with van der Waals surface area (Å²) in [6.45, 7) is 1.67. The molecule has 1 aromatic carbocycles. The molecule has 1 aromatic heterocycles. The van der Waals surface area contributed by atoms with Gasteiger partial charge in [0.2, 0.25) is 5.91 Å². The van der Waals surface area contributed by atoms with Crippen LogP contribution in [-0.4, -0.2) is 41.2 Å². The number of carboxylic acid groups (broad SMARTS) is 1. The van der Waals surface area contributed by atoms with Gasteiger partial charge >= 0.3 is 5.97 Å². The minimum atomic E-state index is -1.04. The molecule has 2 N–H and O–H groups in total. The van der Waals surface area contributed by atoms with Gasteiger partial charge in [-0.1, -0.05) is 12.1 Å². The van der Waals surface area contributed by atoms with Crippen molar-refractivity contribution in [2.45, 2.75) is 31.7 Å². The molecule has 8 heteroatoms. The number of methoxy groups -OCH3 is 1. The van der Waals surface area contributed by atoms with E-state index in [0.717, 1.165) is 0 Å². The molecule has 140 valence electrons. The number of nitrogens with zero attached hydrogens (tertiary/aromatic N) is 1. The second-order valence-electron chi connectivity index (χ2n) is 6.21. The molecule has 0 aliphatic carbocycles. The van der Waals surface area contributed by atoms with Crippen LogP contribution in [0.2, 0.25) is 0 Å². The minimum Gasteiger partial charge on any atom is -0.481 e.